The summed E-state index contributed by atoms with van der Waals surface area (Å²) in [6.45, 7) is -0.915. The Bertz CT molecular complexity index is 549. The Morgan fingerprint density at radius 1 is 1.10 bits per heavy atom. The van der Waals surface area contributed by atoms with Gasteiger partial charge in [0, 0.05) is 0 Å². The fourth-order valence-corrected chi connectivity index (χ4v) is 1.63. The first-order chi connectivity index (χ1) is 9.88. The molecular weight excluding hydrogens is 325 g/mol. The fraction of sp³-hybridized carbons (Fsp3) is 0.364. The first-order valence-electron chi connectivity index (χ1n) is 5.50. The highest BCUT2D eigenvalue weighted by atomic mass is 35.5. The van der Waals surface area contributed by atoms with Crippen LogP contribution in [0, 0.1) is 0 Å². The van der Waals surface area contributed by atoms with Crippen LogP contribution in [-0.2, 0) is 19.1 Å². The lowest BCUT2D eigenvalue weighted by Gasteiger charge is -2.20. The van der Waals surface area contributed by atoms with Crippen LogP contribution in [0.2, 0.25) is 10.3 Å². The van der Waals surface area contributed by atoms with Gasteiger partial charge in [-0.3, -0.25) is 14.4 Å². The summed E-state index contributed by atoms with van der Waals surface area (Å²) in [5.74, 6) is -2.15. The summed E-state index contributed by atoms with van der Waals surface area (Å²) < 4.78 is 8.93. The Morgan fingerprint density at radius 2 is 1.62 bits per heavy atom. The van der Waals surface area contributed by atoms with Crippen LogP contribution < -0.4 is 0 Å². The van der Waals surface area contributed by atoms with Gasteiger partial charge in [0.05, 0.1) is 19.8 Å². The molecular formula is C11H11Cl2N3O5. The van der Waals surface area contributed by atoms with Crippen molar-refractivity contribution in [3.63, 3.8) is 0 Å². The lowest BCUT2D eigenvalue weighted by Crippen LogP contribution is -2.40. The first-order valence-corrected chi connectivity index (χ1v) is 6.26. The fourth-order valence-electron chi connectivity index (χ4n) is 1.31. The number of ether oxygens (including phenoxy) is 2. The molecule has 0 fully saturated rings. The van der Waals surface area contributed by atoms with E-state index in [2.05, 4.69) is 19.7 Å². The van der Waals surface area contributed by atoms with E-state index in [9.17, 15) is 14.4 Å². The Labute approximate surface area is 129 Å². The molecule has 0 spiro atoms. The zero-order valence-electron chi connectivity index (χ0n) is 11.1. The quantitative estimate of drug-likeness (QED) is 0.725. The molecule has 0 radical (unpaired) electrons. The van der Waals surface area contributed by atoms with Crippen molar-refractivity contribution in [2.45, 2.75) is 0 Å². The topological polar surface area (TPSA) is 98.7 Å². The molecule has 0 unspecified atom stereocenters. The van der Waals surface area contributed by atoms with Crippen LogP contribution in [0.1, 0.15) is 10.4 Å². The minimum absolute atomic E-state index is 0.0566. The summed E-state index contributed by atoms with van der Waals surface area (Å²) in [5.41, 5.74) is -0.0931. The van der Waals surface area contributed by atoms with E-state index < -0.39 is 30.9 Å². The van der Waals surface area contributed by atoms with Crippen molar-refractivity contribution < 1.29 is 23.9 Å². The summed E-state index contributed by atoms with van der Waals surface area (Å²) in [6.07, 6.45) is 0. The van der Waals surface area contributed by atoms with E-state index in [-0.39, 0.29) is 15.9 Å². The van der Waals surface area contributed by atoms with Gasteiger partial charge in [-0.15, -0.1) is 10.2 Å². The van der Waals surface area contributed by atoms with Crippen LogP contribution in [0.4, 0.5) is 0 Å². The van der Waals surface area contributed by atoms with Gasteiger partial charge in [-0.25, -0.2) is 0 Å². The van der Waals surface area contributed by atoms with Crippen molar-refractivity contribution in [2.24, 2.45) is 0 Å². The van der Waals surface area contributed by atoms with Crippen LogP contribution in [-0.4, -0.2) is 60.3 Å². The van der Waals surface area contributed by atoms with Crippen LogP contribution in [0.5, 0.6) is 0 Å². The van der Waals surface area contributed by atoms with Gasteiger partial charge in [-0.05, 0) is 6.07 Å². The summed E-state index contributed by atoms with van der Waals surface area (Å²) >= 11 is 11.4. The number of carbonyl (C=O) groups is 3. The molecule has 0 saturated carbocycles. The Morgan fingerprint density at radius 3 is 2.10 bits per heavy atom. The smallest absolute Gasteiger partial charge is 0.325 e. The van der Waals surface area contributed by atoms with Gasteiger partial charge in [0.15, 0.2) is 10.3 Å². The summed E-state index contributed by atoms with van der Waals surface area (Å²) in [5, 5.41) is 6.69. The molecule has 1 aromatic rings. The highest BCUT2D eigenvalue weighted by Gasteiger charge is 2.25. The third-order valence-corrected chi connectivity index (χ3v) is 2.80. The van der Waals surface area contributed by atoms with Crippen molar-refractivity contribution in [1.82, 2.24) is 15.1 Å². The van der Waals surface area contributed by atoms with Crippen LogP contribution in [0.15, 0.2) is 6.07 Å². The molecule has 0 aliphatic rings. The summed E-state index contributed by atoms with van der Waals surface area (Å²) in [7, 11) is 2.31. The number of methoxy groups -OCH3 is 2. The number of esters is 2. The van der Waals surface area contributed by atoms with Crippen molar-refractivity contribution in [3.8, 4) is 0 Å². The van der Waals surface area contributed by atoms with E-state index >= 15 is 0 Å². The van der Waals surface area contributed by atoms with E-state index in [0.717, 1.165) is 19.1 Å². The molecule has 1 rings (SSSR count). The normalized spacial score (nSPS) is 9.90. The highest BCUT2D eigenvalue weighted by Crippen LogP contribution is 2.17. The third kappa shape index (κ3) is 4.83. The van der Waals surface area contributed by atoms with E-state index in [1.165, 1.54) is 6.07 Å². The van der Waals surface area contributed by atoms with Gasteiger partial charge in [0.2, 0.25) is 0 Å². The molecule has 8 nitrogen and oxygen atoms in total. The van der Waals surface area contributed by atoms with E-state index in [1.54, 1.807) is 0 Å². The molecule has 0 saturated heterocycles. The van der Waals surface area contributed by atoms with Crippen molar-refractivity contribution >= 4 is 41.0 Å². The molecule has 10 heteroatoms. The maximum absolute atomic E-state index is 12.3. The molecule has 0 bridgehead atoms. The summed E-state index contributed by atoms with van der Waals surface area (Å²) in [4.78, 5) is 35.9. The largest absolute Gasteiger partial charge is 0.468 e. The molecule has 1 amide bonds. The number of nitrogens with zero attached hydrogens (tertiary/aromatic N) is 3. The van der Waals surface area contributed by atoms with Gasteiger partial charge < -0.3 is 14.4 Å². The van der Waals surface area contributed by atoms with E-state index in [4.69, 9.17) is 23.2 Å². The van der Waals surface area contributed by atoms with Crippen LogP contribution >= 0.6 is 23.2 Å². The summed E-state index contributed by atoms with van der Waals surface area (Å²) in [6, 6.07) is 1.18. The maximum Gasteiger partial charge on any atom is 0.325 e. The molecule has 1 heterocycles. The van der Waals surface area contributed by atoms with Gasteiger partial charge >= 0.3 is 11.9 Å². The van der Waals surface area contributed by atoms with Gasteiger partial charge in [-0.2, -0.15) is 0 Å². The number of amides is 1. The Balaban J connectivity index is 3.05. The molecule has 0 aliphatic heterocycles. The molecule has 1 aromatic heterocycles. The van der Waals surface area contributed by atoms with Gasteiger partial charge in [-0.1, -0.05) is 23.2 Å². The minimum Gasteiger partial charge on any atom is -0.468 e. The second-order valence-electron chi connectivity index (χ2n) is 3.69. The Kier molecular flexibility index (Phi) is 6.32. The molecule has 114 valence electrons. The molecule has 21 heavy (non-hydrogen) atoms. The second-order valence-corrected chi connectivity index (χ2v) is 4.43. The van der Waals surface area contributed by atoms with Gasteiger partial charge in [0.1, 0.15) is 13.1 Å². The van der Waals surface area contributed by atoms with Crippen LogP contribution in [0.25, 0.3) is 0 Å². The predicted molar refractivity (Wildman–Crippen MR) is 72.0 cm³/mol. The van der Waals surface area contributed by atoms with Crippen molar-refractivity contribution in [3.05, 3.63) is 21.9 Å². The minimum atomic E-state index is -0.729. The number of hydrogen-bond donors (Lipinski definition) is 0. The third-order valence-electron chi connectivity index (χ3n) is 2.33. The van der Waals surface area contributed by atoms with Crippen molar-refractivity contribution in [1.29, 1.82) is 0 Å². The zero-order chi connectivity index (χ0) is 16.0. The van der Waals surface area contributed by atoms with E-state index in [1.807, 2.05) is 0 Å². The Hall–Kier alpha value is -1.93. The second kappa shape index (κ2) is 7.75. The SMILES string of the molecule is COC(=O)CN(CC(=O)OC)C(=O)c1cc(Cl)nnc1Cl. The number of aromatic nitrogens is 2. The average molecular weight is 336 g/mol. The molecule has 0 N–H and O–H groups in total. The first kappa shape index (κ1) is 17.1. The lowest BCUT2D eigenvalue weighted by molar-refractivity contribution is -0.144. The predicted octanol–water partition coefficient (Wildman–Crippen LogP) is 0.572. The van der Waals surface area contributed by atoms with Crippen LogP contribution in [0.3, 0.4) is 0 Å². The molecule has 0 aromatic carbocycles. The maximum atomic E-state index is 12.3. The standard InChI is InChI=1S/C11H11Cl2N3O5/c1-20-8(17)4-16(5-9(18)21-2)11(19)6-3-7(12)14-15-10(6)13/h3H,4-5H2,1-2H3. The van der Waals surface area contributed by atoms with Crippen molar-refractivity contribution in [2.75, 3.05) is 27.3 Å². The number of carbonyl (C=O) groups excluding carboxylic acids is 3. The molecule has 0 aliphatic carbocycles. The highest BCUT2D eigenvalue weighted by molar-refractivity contribution is 6.34. The molecule has 0 atom stereocenters. The lowest BCUT2D eigenvalue weighted by atomic mass is 10.2. The zero-order valence-corrected chi connectivity index (χ0v) is 12.6. The average Bonchev–Trinajstić information content (AvgIpc) is 2.47. The monoisotopic (exact) mass is 335 g/mol. The number of halogens is 2. The number of hydrogen-bond acceptors (Lipinski definition) is 7. The number of rotatable bonds is 5. The van der Waals surface area contributed by atoms with E-state index in [0.29, 0.717) is 0 Å². The van der Waals surface area contributed by atoms with Gasteiger partial charge in [0.25, 0.3) is 5.91 Å².